The molecule has 1 aliphatic carbocycles. The average Bonchev–Trinajstić information content (AvgIpc) is 3.36. The van der Waals surface area contributed by atoms with Crippen LogP contribution in [0.2, 0.25) is 0 Å². The van der Waals surface area contributed by atoms with E-state index in [0.717, 1.165) is 54.0 Å². The van der Waals surface area contributed by atoms with Gasteiger partial charge in [0.25, 0.3) is 0 Å². The van der Waals surface area contributed by atoms with Crippen molar-refractivity contribution < 1.29 is 13.9 Å². The molecular weight excluding hydrogens is 452 g/mol. The lowest BCUT2D eigenvalue weighted by molar-refractivity contribution is 0.0195. The van der Waals surface area contributed by atoms with Crippen LogP contribution in [0.25, 0.3) is 16.8 Å². The number of halogens is 2. The first-order valence-corrected chi connectivity index (χ1v) is 12.2. The number of anilines is 2. The van der Waals surface area contributed by atoms with Gasteiger partial charge in [-0.3, -0.25) is 4.99 Å². The molecular formula is C25H31F2N7O. The van der Waals surface area contributed by atoms with Crippen LogP contribution in [0.1, 0.15) is 70.4 Å². The molecule has 0 amide bonds. The third-order valence-corrected chi connectivity index (χ3v) is 7.16. The second-order valence-electron chi connectivity index (χ2n) is 9.99. The van der Waals surface area contributed by atoms with E-state index < -0.39 is 12.0 Å². The number of hydrogen-bond donors (Lipinski definition) is 3. The van der Waals surface area contributed by atoms with Crippen molar-refractivity contribution >= 4 is 28.7 Å². The number of nitrogens with two attached hydrogens (primary N) is 1. The molecule has 1 atom stereocenters. The maximum atomic E-state index is 12.6. The van der Waals surface area contributed by atoms with Gasteiger partial charge < -0.3 is 16.2 Å². The molecule has 0 aromatic carbocycles. The van der Waals surface area contributed by atoms with Gasteiger partial charge in [-0.05, 0) is 70.6 Å². The highest BCUT2D eigenvalue weighted by Crippen LogP contribution is 2.39. The average molecular weight is 484 g/mol. The molecule has 186 valence electrons. The minimum absolute atomic E-state index is 0.0572. The highest BCUT2D eigenvalue weighted by molar-refractivity contribution is 5.96. The molecule has 8 nitrogen and oxygen atoms in total. The molecule has 35 heavy (non-hydrogen) atoms. The quantitative estimate of drug-likeness (QED) is 0.431. The predicted octanol–water partition coefficient (Wildman–Crippen LogP) is 5.10. The van der Waals surface area contributed by atoms with Crippen LogP contribution in [-0.2, 0) is 0 Å². The molecule has 0 bridgehead atoms. The predicted molar refractivity (Wildman–Crippen MR) is 132 cm³/mol. The molecule has 0 spiro atoms. The minimum atomic E-state index is -2.30. The fourth-order valence-electron chi connectivity index (χ4n) is 5.14. The molecule has 0 saturated heterocycles. The molecule has 1 fully saturated rings. The summed E-state index contributed by atoms with van der Waals surface area (Å²) in [6, 6.07) is 5.91. The van der Waals surface area contributed by atoms with Crippen molar-refractivity contribution in [1.29, 1.82) is 0 Å². The number of nitrogen functional groups attached to an aromatic ring is 1. The minimum Gasteiger partial charge on any atom is -0.390 e. The van der Waals surface area contributed by atoms with Crippen LogP contribution in [0.3, 0.4) is 0 Å². The number of aromatic nitrogens is 4. The lowest BCUT2D eigenvalue weighted by Crippen LogP contribution is -2.36. The lowest BCUT2D eigenvalue weighted by Gasteiger charge is -2.33. The Labute approximate surface area is 202 Å². The number of aliphatic imine (C=N–C) groups is 1. The van der Waals surface area contributed by atoms with E-state index >= 15 is 0 Å². The van der Waals surface area contributed by atoms with Gasteiger partial charge in [-0.1, -0.05) is 0 Å². The number of pyridine rings is 1. The third kappa shape index (κ3) is 4.84. The zero-order valence-corrected chi connectivity index (χ0v) is 20.0. The number of nitrogens with one attached hydrogen (secondary N) is 1. The third-order valence-electron chi connectivity index (χ3n) is 7.16. The Morgan fingerprint density at radius 3 is 2.74 bits per heavy atom. The molecule has 4 N–H and O–H groups in total. The van der Waals surface area contributed by atoms with Crippen LogP contribution < -0.4 is 11.1 Å². The number of aliphatic hydroxyl groups is 1. The fraction of sp³-hybridized carbons (Fsp3) is 0.520. The van der Waals surface area contributed by atoms with E-state index in [0.29, 0.717) is 30.1 Å². The van der Waals surface area contributed by atoms with Crippen molar-refractivity contribution in [3.8, 4) is 11.3 Å². The van der Waals surface area contributed by atoms with Gasteiger partial charge in [0.2, 0.25) is 12.4 Å². The zero-order chi connectivity index (χ0) is 24.7. The van der Waals surface area contributed by atoms with Crippen molar-refractivity contribution in [1.82, 2.24) is 19.6 Å². The van der Waals surface area contributed by atoms with Crippen molar-refractivity contribution in [2.24, 2.45) is 4.99 Å². The zero-order valence-electron chi connectivity index (χ0n) is 20.0. The lowest BCUT2D eigenvalue weighted by atomic mass is 9.84. The summed E-state index contributed by atoms with van der Waals surface area (Å²) in [5.74, 6) is 0.737. The van der Waals surface area contributed by atoms with Crippen LogP contribution in [0.4, 0.5) is 26.2 Å². The Bertz CT molecular complexity index is 1260. The van der Waals surface area contributed by atoms with E-state index in [4.69, 9.17) is 10.7 Å². The van der Waals surface area contributed by atoms with Gasteiger partial charge in [-0.2, -0.15) is 4.98 Å². The van der Waals surface area contributed by atoms with Gasteiger partial charge >= 0.3 is 0 Å². The van der Waals surface area contributed by atoms with Gasteiger partial charge in [0.05, 0.1) is 22.7 Å². The Hall–Kier alpha value is -3.14. The van der Waals surface area contributed by atoms with Crippen molar-refractivity contribution in [3.63, 3.8) is 0 Å². The Balaban J connectivity index is 1.39. The van der Waals surface area contributed by atoms with Crippen LogP contribution in [0, 0.1) is 0 Å². The number of nitrogens with zero attached hydrogens (tertiary/aromatic N) is 5. The summed E-state index contributed by atoms with van der Waals surface area (Å²) >= 11 is 0. The van der Waals surface area contributed by atoms with Crippen molar-refractivity contribution in [2.75, 3.05) is 11.1 Å². The van der Waals surface area contributed by atoms with E-state index in [-0.39, 0.29) is 18.4 Å². The molecule has 3 aromatic heterocycles. The highest BCUT2D eigenvalue weighted by atomic mass is 19.3. The van der Waals surface area contributed by atoms with Crippen LogP contribution in [0.5, 0.6) is 0 Å². The molecule has 5 rings (SSSR count). The summed E-state index contributed by atoms with van der Waals surface area (Å²) in [5.41, 5.74) is 10.5. The van der Waals surface area contributed by atoms with Crippen LogP contribution >= 0.6 is 0 Å². The first-order valence-electron chi connectivity index (χ1n) is 12.2. The fourth-order valence-corrected chi connectivity index (χ4v) is 5.14. The Kier molecular flexibility index (Phi) is 6.16. The largest absolute Gasteiger partial charge is 0.390 e. The maximum Gasteiger partial charge on any atom is 0.243 e. The molecule has 2 aliphatic rings. The van der Waals surface area contributed by atoms with Crippen molar-refractivity contribution in [2.45, 2.75) is 82.8 Å². The summed E-state index contributed by atoms with van der Waals surface area (Å²) in [5, 5.41) is 18.1. The van der Waals surface area contributed by atoms with Gasteiger partial charge in [0.15, 0.2) is 5.82 Å². The van der Waals surface area contributed by atoms with Gasteiger partial charge in [0, 0.05) is 35.9 Å². The van der Waals surface area contributed by atoms with Crippen LogP contribution in [0.15, 0.2) is 29.4 Å². The topological polar surface area (TPSA) is 114 Å². The SMILES string of the molecule is CC1=Nc2ccc(-c3ccn4nc(NC5CCC(C)(O)CC5)nc(N)c34)nc2C1CCCC(F)F. The molecule has 3 aromatic rings. The molecule has 1 saturated carbocycles. The van der Waals surface area contributed by atoms with E-state index in [1.807, 2.05) is 38.2 Å². The van der Waals surface area contributed by atoms with Crippen LogP contribution in [-0.4, -0.2) is 48.5 Å². The van der Waals surface area contributed by atoms with Gasteiger partial charge in [-0.25, -0.2) is 18.3 Å². The number of hydrogen-bond acceptors (Lipinski definition) is 7. The summed E-state index contributed by atoms with van der Waals surface area (Å²) in [7, 11) is 0. The summed E-state index contributed by atoms with van der Waals surface area (Å²) in [6.07, 6.45) is 3.56. The maximum absolute atomic E-state index is 12.6. The highest BCUT2D eigenvalue weighted by Gasteiger charge is 2.30. The molecule has 1 unspecified atom stereocenters. The van der Waals surface area contributed by atoms with E-state index in [2.05, 4.69) is 20.4 Å². The molecule has 0 radical (unpaired) electrons. The second kappa shape index (κ2) is 9.14. The monoisotopic (exact) mass is 483 g/mol. The van der Waals surface area contributed by atoms with Crippen molar-refractivity contribution in [3.05, 3.63) is 30.1 Å². The Morgan fingerprint density at radius 1 is 1.23 bits per heavy atom. The number of rotatable bonds is 7. The normalized spacial score (nSPS) is 24.1. The summed E-state index contributed by atoms with van der Waals surface area (Å²) < 4.78 is 27.0. The number of fused-ring (bicyclic) bond motifs is 2. The van der Waals surface area contributed by atoms with Gasteiger partial charge in [-0.15, -0.1) is 5.10 Å². The first-order chi connectivity index (χ1) is 16.7. The first kappa shape index (κ1) is 23.6. The van der Waals surface area contributed by atoms with E-state index in [9.17, 15) is 13.9 Å². The molecule has 4 heterocycles. The van der Waals surface area contributed by atoms with Gasteiger partial charge in [0.1, 0.15) is 5.52 Å². The van der Waals surface area contributed by atoms with E-state index in [1.165, 1.54) is 0 Å². The standard InChI is InChI=1S/C25H31F2N7O/c1-14-16(4-3-5-20(26)27)21-19(29-14)7-6-18(31-21)17-10-13-34-22(17)23(28)32-24(33-34)30-15-8-11-25(2,35)12-9-15/h6-7,10,13,15-16,20,35H,3-5,8-9,11-12H2,1-2H3,(H3,28,30,32,33). The molecule has 1 aliphatic heterocycles. The Morgan fingerprint density at radius 2 is 2.00 bits per heavy atom. The summed E-state index contributed by atoms with van der Waals surface area (Å²) in [4.78, 5) is 14.0. The number of alkyl halides is 2. The second-order valence-corrected chi connectivity index (χ2v) is 9.99. The summed E-state index contributed by atoms with van der Waals surface area (Å²) in [6.45, 7) is 3.80. The smallest absolute Gasteiger partial charge is 0.243 e. The van der Waals surface area contributed by atoms with E-state index in [1.54, 1.807) is 4.52 Å². The molecule has 10 heteroatoms.